The average Bonchev–Trinajstić information content (AvgIpc) is 2.97. The molecule has 4 heteroatoms. The normalized spacial score (nSPS) is 20.2. The van der Waals surface area contributed by atoms with Gasteiger partial charge in [0.1, 0.15) is 5.82 Å². The van der Waals surface area contributed by atoms with Crippen molar-refractivity contribution in [3.8, 4) is 0 Å². The van der Waals surface area contributed by atoms with Crippen LogP contribution in [0.2, 0.25) is 0 Å². The molecule has 1 amide bonds. The molecule has 1 aromatic rings. The fourth-order valence-electron chi connectivity index (χ4n) is 3.50. The van der Waals surface area contributed by atoms with Crippen molar-refractivity contribution in [3.63, 3.8) is 0 Å². The predicted octanol–water partition coefficient (Wildman–Crippen LogP) is 4.96. The Kier molecular flexibility index (Phi) is 4.48. The maximum absolute atomic E-state index is 14.2. The van der Waals surface area contributed by atoms with Crippen LogP contribution in [0.3, 0.4) is 0 Å². The first-order chi connectivity index (χ1) is 10.1. The third-order valence-electron chi connectivity index (χ3n) is 4.76. The van der Waals surface area contributed by atoms with Crippen LogP contribution >= 0.6 is 11.6 Å². The Morgan fingerprint density at radius 1 is 1.29 bits per heavy atom. The van der Waals surface area contributed by atoms with E-state index in [1.807, 2.05) is 6.07 Å². The number of hydrogen-bond donors (Lipinski definition) is 1. The molecule has 1 aromatic carbocycles. The zero-order valence-corrected chi connectivity index (χ0v) is 12.9. The highest BCUT2D eigenvalue weighted by molar-refractivity contribution is 6.20. The second kappa shape index (κ2) is 6.35. The van der Waals surface area contributed by atoms with E-state index in [-0.39, 0.29) is 17.1 Å². The number of rotatable bonds is 4. The summed E-state index contributed by atoms with van der Waals surface area (Å²) in [4.78, 5) is 11.3. The van der Waals surface area contributed by atoms with Crippen LogP contribution in [0.15, 0.2) is 12.1 Å². The Bertz CT molecular complexity index is 540. The maximum atomic E-state index is 14.2. The van der Waals surface area contributed by atoms with Gasteiger partial charge in [-0.05, 0) is 42.9 Å². The molecule has 2 aliphatic rings. The molecular weight excluding hydrogens is 289 g/mol. The SMILES string of the molecule is O=C1CCc2cc(C(Cl)CCC3CCCC3)c(F)cc2N1. The van der Waals surface area contributed by atoms with Crippen molar-refractivity contribution in [1.82, 2.24) is 0 Å². The number of alkyl halides is 1. The number of halogens is 2. The molecule has 0 spiro atoms. The zero-order valence-electron chi connectivity index (χ0n) is 12.1. The molecule has 0 saturated heterocycles. The lowest BCUT2D eigenvalue weighted by molar-refractivity contribution is -0.116. The minimum Gasteiger partial charge on any atom is -0.326 e. The molecule has 1 N–H and O–H groups in total. The van der Waals surface area contributed by atoms with E-state index >= 15 is 0 Å². The summed E-state index contributed by atoms with van der Waals surface area (Å²) in [7, 11) is 0. The summed E-state index contributed by atoms with van der Waals surface area (Å²) in [5, 5.41) is 2.45. The van der Waals surface area contributed by atoms with Gasteiger partial charge in [0.25, 0.3) is 0 Å². The maximum Gasteiger partial charge on any atom is 0.224 e. The molecule has 1 atom stereocenters. The molecule has 2 nitrogen and oxygen atoms in total. The molecule has 0 radical (unpaired) electrons. The van der Waals surface area contributed by atoms with Crippen molar-refractivity contribution >= 4 is 23.2 Å². The van der Waals surface area contributed by atoms with Gasteiger partial charge in [-0.3, -0.25) is 4.79 Å². The molecule has 1 unspecified atom stereocenters. The average molecular weight is 310 g/mol. The van der Waals surface area contributed by atoms with E-state index in [0.29, 0.717) is 24.1 Å². The Balaban J connectivity index is 1.70. The molecule has 1 aliphatic carbocycles. The first-order valence-electron chi connectivity index (χ1n) is 7.89. The topological polar surface area (TPSA) is 29.1 Å². The molecule has 3 rings (SSSR count). The van der Waals surface area contributed by atoms with Crippen molar-refractivity contribution in [2.24, 2.45) is 5.92 Å². The number of hydrogen-bond acceptors (Lipinski definition) is 1. The van der Waals surface area contributed by atoms with E-state index in [4.69, 9.17) is 11.6 Å². The lowest BCUT2D eigenvalue weighted by Crippen LogP contribution is -2.19. The minimum absolute atomic E-state index is 0.0432. The van der Waals surface area contributed by atoms with Gasteiger partial charge in [0.2, 0.25) is 5.91 Å². The summed E-state index contributed by atoms with van der Waals surface area (Å²) >= 11 is 6.43. The first kappa shape index (κ1) is 14.8. The monoisotopic (exact) mass is 309 g/mol. The Morgan fingerprint density at radius 2 is 2.05 bits per heavy atom. The van der Waals surface area contributed by atoms with Gasteiger partial charge in [0, 0.05) is 17.7 Å². The van der Waals surface area contributed by atoms with E-state index in [2.05, 4.69) is 5.32 Å². The number of carbonyl (C=O) groups is 1. The number of amides is 1. The standard InChI is InChI=1S/C17H21ClFNO/c18-14(7-5-11-3-1-2-4-11)13-9-12-6-8-17(21)20-16(12)10-15(13)19/h9-11,14H,1-8H2,(H,20,21). The van der Waals surface area contributed by atoms with Crippen LogP contribution in [0.1, 0.15) is 61.4 Å². The third-order valence-corrected chi connectivity index (χ3v) is 5.21. The van der Waals surface area contributed by atoms with Crippen LogP contribution in [0.25, 0.3) is 0 Å². The number of benzene rings is 1. The Hall–Kier alpha value is -1.09. The highest BCUT2D eigenvalue weighted by Gasteiger charge is 2.22. The molecule has 0 aromatic heterocycles. The third kappa shape index (κ3) is 3.39. The summed E-state index contributed by atoms with van der Waals surface area (Å²) in [5.41, 5.74) is 2.19. The summed E-state index contributed by atoms with van der Waals surface area (Å²) in [6.07, 6.45) is 8.28. The molecule has 114 valence electrons. The number of fused-ring (bicyclic) bond motifs is 1. The largest absolute Gasteiger partial charge is 0.326 e. The van der Waals surface area contributed by atoms with E-state index in [1.165, 1.54) is 31.7 Å². The van der Waals surface area contributed by atoms with E-state index < -0.39 is 0 Å². The van der Waals surface area contributed by atoms with Gasteiger partial charge in [-0.25, -0.2) is 4.39 Å². The molecular formula is C17H21ClFNO. The van der Waals surface area contributed by atoms with Gasteiger partial charge in [-0.2, -0.15) is 0 Å². The lowest BCUT2D eigenvalue weighted by Gasteiger charge is -2.20. The molecule has 1 heterocycles. The molecule has 1 fully saturated rings. The summed E-state index contributed by atoms with van der Waals surface area (Å²) in [6, 6.07) is 3.27. The quantitative estimate of drug-likeness (QED) is 0.782. The molecule has 21 heavy (non-hydrogen) atoms. The Labute approximate surface area is 130 Å². The first-order valence-corrected chi connectivity index (χ1v) is 8.33. The lowest BCUT2D eigenvalue weighted by atomic mass is 9.94. The smallest absolute Gasteiger partial charge is 0.224 e. The number of anilines is 1. The van der Waals surface area contributed by atoms with Crippen LogP contribution in [0.5, 0.6) is 0 Å². The fraction of sp³-hybridized carbons (Fsp3) is 0.588. The van der Waals surface area contributed by atoms with Gasteiger partial charge >= 0.3 is 0 Å². The van der Waals surface area contributed by atoms with E-state index in [1.54, 1.807) is 0 Å². The second-order valence-electron chi connectivity index (χ2n) is 6.27. The second-order valence-corrected chi connectivity index (χ2v) is 6.80. The van der Waals surface area contributed by atoms with Crippen molar-refractivity contribution in [2.45, 2.75) is 56.7 Å². The van der Waals surface area contributed by atoms with Gasteiger partial charge in [-0.1, -0.05) is 25.7 Å². The van der Waals surface area contributed by atoms with Gasteiger partial charge in [0.05, 0.1) is 5.38 Å². The predicted molar refractivity (Wildman–Crippen MR) is 83.1 cm³/mol. The highest BCUT2D eigenvalue weighted by Crippen LogP contribution is 2.36. The minimum atomic E-state index is -0.303. The van der Waals surface area contributed by atoms with Crippen molar-refractivity contribution in [3.05, 3.63) is 29.1 Å². The van der Waals surface area contributed by atoms with Crippen molar-refractivity contribution in [1.29, 1.82) is 0 Å². The fourth-order valence-corrected chi connectivity index (χ4v) is 3.79. The number of carbonyl (C=O) groups excluding carboxylic acids is 1. The van der Waals surface area contributed by atoms with Crippen LogP contribution in [-0.2, 0) is 11.2 Å². The summed E-state index contributed by atoms with van der Waals surface area (Å²) in [5.74, 6) is 0.423. The van der Waals surface area contributed by atoms with Gasteiger partial charge in [-0.15, -0.1) is 11.6 Å². The molecule has 1 aliphatic heterocycles. The van der Waals surface area contributed by atoms with Crippen molar-refractivity contribution in [2.75, 3.05) is 5.32 Å². The zero-order chi connectivity index (χ0) is 14.8. The van der Waals surface area contributed by atoms with E-state index in [0.717, 1.165) is 24.3 Å². The van der Waals surface area contributed by atoms with Gasteiger partial charge < -0.3 is 5.32 Å². The van der Waals surface area contributed by atoms with Crippen LogP contribution < -0.4 is 5.32 Å². The van der Waals surface area contributed by atoms with E-state index in [9.17, 15) is 9.18 Å². The molecule has 1 saturated carbocycles. The summed E-state index contributed by atoms with van der Waals surface area (Å²) < 4.78 is 14.2. The highest BCUT2D eigenvalue weighted by atomic mass is 35.5. The number of aryl methyl sites for hydroxylation is 1. The van der Waals surface area contributed by atoms with Gasteiger partial charge in [0.15, 0.2) is 0 Å². The van der Waals surface area contributed by atoms with Crippen LogP contribution in [0, 0.1) is 11.7 Å². The summed E-state index contributed by atoms with van der Waals surface area (Å²) in [6.45, 7) is 0. The molecule has 0 bridgehead atoms. The Morgan fingerprint density at radius 3 is 2.81 bits per heavy atom. The number of nitrogens with one attached hydrogen (secondary N) is 1. The van der Waals surface area contributed by atoms with Crippen LogP contribution in [0.4, 0.5) is 10.1 Å². The van der Waals surface area contributed by atoms with Crippen LogP contribution in [-0.4, -0.2) is 5.91 Å². The van der Waals surface area contributed by atoms with Crippen molar-refractivity contribution < 1.29 is 9.18 Å².